The van der Waals surface area contributed by atoms with Gasteiger partial charge in [-0.3, -0.25) is 4.79 Å². The van der Waals surface area contributed by atoms with Crippen molar-refractivity contribution in [1.82, 2.24) is 14.8 Å². The number of nitrogens with zero attached hydrogens (tertiary/aromatic N) is 3. The molecule has 4 rings (SSSR count). The maximum Gasteiger partial charge on any atom is 0.343 e. The SMILES string of the molecule is CCOC(=O)c1cnn(-c2cc(C)c3cc(C)cc(C)c3n2)c1NC(=O)c1ccc(OC)cc1. The highest BCUT2D eigenvalue weighted by Gasteiger charge is 2.23. The average molecular weight is 459 g/mol. The minimum Gasteiger partial charge on any atom is -0.497 e. The molecule has 0 aliphatic rings. The molecule has 0 unspecified atom stereocenters. The Balaban J connectivity index is 1.82. The van der Waals surface area contributed by atoms with Crippen LogP contribution in [0.3, 0.4) is 0 Å². The first-order valence-electron chi connectivity index (χ1n) is 10.9. The van der Waals surface area contributed by atoms with E-state index in [9.17, 15) is 9.59 Å². The van der Waals surface area contributed by atoms with Crippen molar-refractivity contribution in [1.29, 1.82) is 0 Å². The van der Waals surface area contributed by atoms with E-state index < -0.39 is 11.9 Å². The number of esters is 1. The van der Waals surface area contributed by atoms with E-state index in [1.165, 1.54) is 10.9 Å². The lowest BCUT2D eigenvalue weighted by molar-refractivity contribution is 0.0527. The molecule has 0 saturated carbocycles. The number of pyridine rings is 1. The number of amides is 1. The number of ether oxygens (including phenoxy) is 2. The van der Waals surface area contributed by atoms with Crippen molar-refractivity contribution in [2.45, 2.75) is 27.7 Å². The van der Waals surface area contributed by atoms with Gasteiger partial charge in [-0.2, -0.15) is 9.78 Å². The highest BCUT2D eigenvalue weighted by Crippen LogP contribution is 2.27. The molecule has 4 aromatic rings. The Labute approximate surface area is 197 Å². The van der Waals surface area contributed by atoms with Crippen LogP contribution in [-0.4, -0.2) is 40.4 Å². The number of methoxy groups -OCH3 is 1. The zero-order valence-corrected chi connectivity index (χ0v) is 19.8. The van der Waals surface area contributed by atoms with E-state index in [1.807, 2.05) is 26.8 Å². The molecule has 1 amide bonds. The molecule has 1 N–H and O–H groups in total. The molecule has 8 nitrogen and oxygen atoms in total. The zero-order chi connectivity index (χ0) is 24.4. The monoisotopic (exact) mass is 458 g/mol. The number of nitrogens with one attached hydrogen (secondary N) is 1. The molecule has 0 atom stereocenters. The summed E-state index contributed by atoms with van der Waals surface area (Å²) >= 11 is 0. The lowest BCUT2D eigenvalue weighted by atomic mass is 10.0. The molecular weight excluding hydrogens is 432 g/mol. The molecule has 2 heterocycles. The van der Waals surface area contributed by atoms with E-state index in [0.717, 1.165) is 27.6 Å². The summed E-state index contributed by atoms with van der Waals surface area (Å²) in [6, 6.07) is 12.7. The maximum atomic E-state index is 13.0. The number of anilines is 1. The first kappa shape index (κ1) is 23.0. The normalized spacial score (nSPS) is 10.9. The van der Waals surface area contributed by atoms with Gasteiger partial charge in [-0.25, -0.2) is 9.78 Å². The molecule has 0 spiro atoms. The summed E-state index contributed by atoms with van der Waals surface area (Å²) in [6.45, 7) is 7.97. The smallest absolute Gasteiger partial charge is 0.343 e. The lowest BCUT2D eigenvalue weighted by Gasteiger charge is -2.13. The number of benzene rings is 2. The molecule has 0 radical (unpaired) electrons. The Bertz CT molecular complexity index is 1390. The summed E-state index contributed by atoms with van der Waals surface area (Å²) in [5, 5.41) is 8.24. The number of hydrogen-bond acceptors (Lipinski definition) is 6. The van der Waals surface area contributed by atoms with Crippen molar-refractivity contribution in [3.63, 3.8) is 0 Å². The summed E-state index contributed by atoms with van der Waals surface area (Å²) in [6.07, 6.45) is 1.38. The van der Waals surface area contributed by atoms with Crippen LogP contribution in [0.15, 0.2) is 48.7 Å². The van der Waals surface area contributed by atoms with Gasteiger partial charge in [0.15, 0.2) is 11.6 Å². The Hall–Kier alpha value is -4.20. The fourth-order valence-electron chi connectivity index (χ4n) is 3.86. The molecule has 0 fully saturated rings. The van der Waals surface area contributed by atoms with Gasteiger partial charge in [0.2, 0.25) is 0 Å². The first-order chi connectivity index (χ1) is 16.3. The lowest BCUT2D eigenvalue weighted by Crippen LogP contribution is -2.18. The summed E-state index contributed by atoms with van der Waals surface area (Å²) in [5.41, 5.74) is 4.56. The van der Waals surface area contributed by atoms with Crippen LogP contribution in [0.4, 0.5) is 5.82 Å². The van der Waals surface area contributed by atoms with Crippen molar-refractivity contribution in [3.8, 4) is 11.6 Å². The molecule has 2 aromatic carbocycles. The average Bonchev–Trinajstić information content (AvgIpc) is 3.23. The van der Waals surface area contributed by atoms with Crippen molar-refractivity contribution >= 4 is 28.6 Å². The molecule has 0 aliphatic carbocycles. The summed E-state index contributed by atoms with van der Waals surface area (Å²) in [7, 11) is 1.56. The second-order valence-corrected chi connectivity index (χ2v) is 8.00. The second-order valence-electron chi connectivity index (χ2n) is 8.00. The third kappa shape index (κ3) is 4.34. The highest BCUT2D eigenvalue weighted by molar-refractivity contribution is 6.07. The molecule has 8 heteroatoms. The summed E-state index contributed by atoms with van der Waals surface area (Å²) < 4.78 is 11.8. The van der Waals surface area contributed by atoms with Crippen LogP contribution < -0.4 is 10.1 Å². The minimum absolute atomic E-state index is 0.142. The van der Waals surface area contributed by atoms with Gasteiger partial charge in [0.05, 0.1) is 25.4 Å². The van der Waals surface area contributed by atoms with Gasteiger partial charge < -0.3 is 14.8 Å². The summed E-state index contributed by atoms with van der Waals surface area (Å²) in [5.74, 6) is 0.324. The maximum absolute atomic E-state index is 13.0. The number of aromatic nitrogens is 3. The molecule has 2 aromatic heterocycles. The van der Waals surface area contributed by atoms with Crippen LogP contribution in [0.2, 0.25) is 0 Å². The van der Waals surface area contributed by atoms with Crippen molar-refractivity contribution < 1.29 is 19.1 Å². The number of hydrogen-bond donors (Lipinski definition) is 1. The van der Waals surface area contributed by atoms with Crippen molar-refractivity contribution in [3.05, 3.63) is 76.5 Å². The highest BCUT2D eigenvalue weighted by atomic mass is 16.5. The van der Waals surface area contributed by atoms with Crippen LogP contribution in [0, 0.1) is 20.8 Å². The number of rotatable bonds is 6. The fourth-order valence-corrected chi connectivity index (χ4v) is 3.86. The van der Waals surface area contributed by atoms with Crippen LogP contribution in [-0.2, 0) is 4.74 Å². The van der Waals surface area contributed by atoms with Gasteiger partial charge >= 0.3 is 5.97 Å². The quantitative estimate of drug-likeness (QED) is 0.418. The van der Waals surface area contributed by atoms with Crippen molar-refractivity contribution in [2.24, 2.45) is 0 Å². The van der Waals surface area contributed by atoms with E-state index in [1.54, 1.807) is 38.3 Å². The Morgan fingerprint density at radius 2 is 1.76 bits per heavy atom. The zero-order valence-electron chi connectivity index (χ0n) is 19.8. The van der Waals surface area contributed by atoms with Crippen LogP contribution in [0.25, 0.3) is 16.7 Å². The topological polar surface area (TPSA) is 95.3 Å². The van der Waals surface area contributed by atoms with E-state index in [0.29, 0.717) is 17.1 Å². The largest absolute Gasteiger partial charge is 0.497 e. The fraction of sp³-hybridized carbons (Fsp3) is 0.231. The molecule has 0 saturated heterocycles. The third-order valence-electron chi connectivity index (χ3n) is 5.51. The van der Waals surface area contributed by atoms with Gasteiger partial charge in [-0.05, 0) is 75.2 Å². The summed E-state index contributed by atoms with van der Waals surface area (Å²) in [4.78, 5) is 30.5. The number of carbonyl (C=O) groups is 2. The second kappa shape index (κ2) is 9.35. The molecular formula is C26H26N4O4. The van der Waals surface area contributed by atoms with Crippen LogP contribution in [0.1, 0.15) is 44.3 Å². The predicted octanol–water partition coefficient (Wildman–Crippen LogP) is 4.78. The number of fused-ring (bicyclic) bond motifs is 1. The molecule has 174 valence electrons. The van der Waals surface area contributed by atoms with Gasteiger partial charge in [0, 0.05) is 10.9 Å². The van der Waals surface area contributed by atoms with E-state index in [2.05, 4.69) is 22.5 Å². The third-order valence-corrected chi connectivity index (χ3v) is 5.51. The molecule has 0 bridgehead atoms. The van der Waals surface area contributed by atoms with Crippen molar-refractivity contribution in [2.75, 3.05) is 19.0 Å². The van der Waals surface area contributed by atoms with E-state index in [-0.39, 0.29) is 18.0 Å². The Kier molecular flexibility index (Phi) is 6.32. The van der Waals surface area contributed by atoms with Crippen LogP contribution in [0.5, 0.6) is 5.75 Å². The van der Waals surface area contributed by atoms with E-state index >= 15 is 0 Å². The standard InChI is InChI=1S/C26H26N4O4/c1-6-34-26(32)21-14-27-30(24(21)29-25(31)18-7-9-19(33-5)10-8-18)22-13-16(3)20-12-15(2)11-17(4)23(20)28-22/h7-14H,6H2,1-5H3,(H,29,31). The van der Waals surface area contributed by atoms with Crippen LogP contribution >= 0.6 is 0 Å². The van der Waals surface area contributed by atoms with Gasteiger partial charge in [0.25, 0.3) is 5.91 Å². The van der Waals surface area contributed by atoms with E-state index in [4.69, 9.17) is 14.5 Å². The minimum atomic E-state index is -0.580. The predicted molar refractivity (Wildman–Crippen MR) is 130 cm³/mol. The van der Waals surface area contributed by atoms with Gasteiger partial charge in [-0.15, -0.1) is 0 Å². The first-order valence-corrected chi connectivity index (χ1v) is 10.9. The number of aryl methyl sites for hydroxylation is 3. The molecule has 34 heavy (non-hydrogen) atoms. The van der Waals surface area contributed by atoms with Gasteiger partial charge in [0.1, 0.15) is 11.3 Å². The number of carbonyl (C=O) groups excluding carboxylic acids is 2. The Morgan fingerprint density at radius 3 is 2.44 bits per heavy atom. The van der Waals surface area contributed by atoms with Gasteiger partial charge in [-0.1, -0.05) is 11.6 Å². The Morgan fingerprint density at radius 1 is 1.03 bits per heavy atom. The molecule has 0 aliphatic heterocycles.